The van der Waals surface area contributed by atoms with Gasteiger partial charge in [0.25, 0.3) is 0 Å². The average Bonchev–Trinajstić information content (AvgIpc) is 3.54. The fourth-order valence-electron chi connectivity index (χ4n) is 12.3. The van der Waals surface area contributed by atoms with Crippen molar-refractivity contribution in [3.63, 3.8) is 0 Å². The van der Waals surface area contributed by atoms with Crippen LogP contribution < -0.4 is 0 Å². The number of unbranched alkanes of at least 4 members (excludes halogenated alkanes) is 58. The van der Waals surface area contributed by atoms with Crippen molar-refractivity contribution in [2.24, 2.45) is 0 Å². The molecule has 1 atom stereocenters. The van der Waals surface area contributed by atoms with Crippen molar-refractivity contribution in [2.75, 3.05) is 13.2 Å². The van der Waals surface area contributed by atoms with Crippen LogP contribution in [0.3, 0.4) is 0 Å². The van der Waals surface area contributed by atoms with Crippen molar-refractivity contribution in [3.05, 3.63) is 48.6 Å². The molecule has 0 saturated heterocycles. The van der Waals surface area contributed by atoms with E-state index in [1.54, 1.807) is 0 Å². The lowest BCUT2D eigenvalue weighted by Gasteiger charge is -2.15. The lowest BCUT2D eigenvalue weighted by Crippen LogP contribution is -2.28. The molecule has 86 heavy (non-hydrogen) atoms. The minimum Gasteiger partial charge on any atom is -0.462 e. The number of esters is 2. The Bertz CT molecular complexity index is 1410. The van der Waals surface area contributed by atoms with Crippen LogP contribution >= 0.6 is 0 Å². The van der Waals surface area contributed by atoms with E-state index in [1.807, 2.05) is 0 Å². The number of aliphatic hydroxyl groups is 1. The standard InChI is InChI=1S/C81H152O5/c1-3-5-7-9-11-13-15-17-19-21-23-25-27-29-31-33-35-36-37-38-39-40-41-42-43-44-46-48-50-52-54-56-58-60-62-64-66-68-70-72-74-76-81(84)86-79(77-82)78-85-80(83)75-73-71-69-67-65-63-61-59-57-55-53-51-49-47-45-34-32-30-28-26-24-22-20-18-16-14-12-10-8-6-4-2/h5,7,11,13,17,19,23,25,79,82H,3-4,6,8-10,12,14-16,18,20-22,24,26-78H2,1-2H3/b7-5-,13-11-,19-17-,25-23-. The van der Waals surface area contributed by atoms with E-state index in [1.165, 1.54) is 353 Å². The second-order valence-corrected chi connectivity index (χ2v) is 26.8. The first-order valence-corrected chi connectivity index (χ1v) is 39.2. The van der Waals surface area contributed by atoms with Crippen LogP contribution in [-0.2, 0) is 19.1 Å². The zero-order chi connectivity index (χ0) is 61.9. The van der Waals surface area contributed by atoms with E-state index in [0.717, 1.165) is 57.8 Å². The highest BCUT2D eigenvalue weighted by Crippen LogP contribution is 2.20. The van der Waals surface area contributed by atoms with Gasteiger partial charge < -0.3 is 14.6 Å². The summed E-state index contributed by atoms with van der Waals surface area (Å²) in [5.41, 5.74) is 0. The first-order chi connectivity index (χ1) is 42.6. The highest BCUT2D eigenvalue weighted by Gasteiger charge is 2.16. The Morgan fingerprint density at radius 3 is 0.756 bits per heavy atom. The number of rotatable bonds is 74. The fourth-order valence-corrected chi connectivity index (χ4v) is 12.3. The highest BCUT2D eigenvalue weighted by atomic mass is 16.6. The lowest BCUT2D eigenvalue weighted by atomic mass is 10.0. The lowest BCUT2D eigenvalue weighted by molar-refractivity contribution is -0.161. The van der Waals surface area contributed by atoms with E-state index in [9.17, 15) is 14.7 Å². The molecule has 5 nitrogen and oxygen atoms in total. The quantitative estimate of drug-likeness (QED) is 0.0373. The molecule has 1 N–H and O–H groups in total. The second-order valence-electron chi connectivity index (χ2n) is 26.8. The molecule has 0 bridgehead atoms. The van der Waals surface area contributed by atoms with E-state index in [2.05, 4.69) is 62.5 Å². The van der Waals surface area contributed by atoms with Crippen LogP contribution in [0.25, 0.3) is 0 Å². The van der Waals surface area contributed by atoms with Gasteiger partial charge in [0.05, 0.1) is 6.61 Å². The Balaban J connectivity index is 3.35. The molecule has 0 fully saturated rings. The van der Waals surface area contributed by atoms with E-state index >= 15 is 0 Å². The first-order valence-electron chi connectivity index (χ1n) is 39.2. The number of carbonyl (C=O) groups excluding carboxylic acids is 2. The van der Waals surface area contributed by atoms with Gasteiger partial charge in [0, 0.05) is 12.8 Å². The summed E-state index contributed by atoms with van der Waals surface area (Å²) in [4.78, 5) is 24.7. The summed E-state index contributed by atoms with van der Waals surface area (Å²) in [6, 6.07) is 0. The number of aliphatic hydroxyl groups excluding tert-OH is 1. The van der Waals surface area contributed by atoms with Crippen LogP contribution in [0.15, 0.2) is 48.6 Å². The molecule has 0 amide bonds. The number of allylic oxidation sites excluding steroid dienone is 8. The van der Waals surface area contributed by atoms with Gasteiger partial charge >= 0.3 is 11.9 Å². The molecule has 0 saturated carbocycles. The van der Waals surface area contributed by atoms with Gasteiger partial charge in [0.2, 0.25) is 0 Å². The maximum Gasteiger partial charge on any atom is 0.306 e. The average molecular weight is 1210 g/mol. The van der Waals surface area contributed by atoms with Crippen molar-refractivity contribution in [2.45, 2.75) is 444 Å². The Morgan fingerprint density at radius 1 is 0.279 bits per heavy atom. The van der Waals surface area contributed by atoms with Crippen LogP contribution in [-0.4, -0.2) is 36.4 Å². The van der Waals surface area contributed by atoms with Gasteiger partial charge in [-0.1, -0.05) is 422 Å². The van der Waals surface area contributed by atoms with Crippen molar-refractivity contribution in [3.8, 4) is 0 Å². The summed E-state index contributed by atoms with van der Waals surface area (Å²) in [7, 11) is 0. The normalized spacial score (nSPS) is 12.4. The Labute approximate surface area is 539 Å². The molecule has 0 aromatic carbocycles. The van der Waals surface area contributed by atoms with Gasteiger partial charge in [-0.2, -0.15) is 0 Å². The van der Waals surface area contributed by atoms with E-state index in [-0.39, 0.29) is 25.2 Å². The summed E-state index contributed by atoms with van der Waals surface area (Å²) in [5, 5.41) is 9.72. The molecule has 506 valence electrons. The maximum atomic E-state index is 12.4. The van der Waals surface area contributed by atoms with Crippen LogP contribution in [0.5, 0.6) is 0 Å². The third kappa shape index (κ3) is 74.3. The zero-order valence-electron chi connectivity index (χ0n) is 58.4. The van der Waals surface area contributed by atoms with Crippen LogP contribution in [0.2, 0.25) is 0 Å². The molecule has 0 aliphatic rings. The maximum absolute atomic E-state index is 12.4. The largest absolute Gasteiger partial charge is 0.462 e. The second kappa shape index (κ2) is 77.1. The van der Waals surface area contributed by atoms with Gasteiger partial charge in [-0.15, -0.1) is 0 Å². The third-order valence-electron chi connectivity index (χ3n) is 18.1. The number of ether oxygens (including phenoxy) is 2. The monoisotopic (exact) mass is 1210 g/mol. The van der Waals surface area contributed by atoms with Crippen LogP contribution in [0, 0.1) is 0 Å². The zero-order valence-corrected chi connectivity index (χ0v) is 58.4. The predicted octanol–water partition coefficient (Wildman–Crippen LogP) is 27.4. The fraction of sp³-hybridized carbons (Fsp3) is 0.877. The summed E-state index contributed by atoms with van der Waals surface area (Å²) < 4.78 is 10.8. The van der Waals surface area contributed by atoms with Crippen molar-refractivity contribution in [1.82, 2.24) is 0 Å². The van der Waals surface area contributed by atoms with Gasteiger partial charge in [-0.05, 0) is 51.4 Å². The molecule has 5 heteroatoms. The van der Waals surface area contributed by atoms with Gasteiger partial charge in [-0.3, -0.25) is 9.59 Å². The summed E-state index contributed by atoms with van der Waals surface area (Å²) in [6.07, 6.45) is 105. The summed E-state index contributed by atoms with van der Waals surface area (Å²) >= 11 is 0. The SMILES string of the molecule is CC/C=C\C/C=C\C/C=C\C/C=C\CCCCCCCCCCCCCCCCCCCCCCCCCCCCCCC(=O)OC(CO)COC(=O)CCCCCCCCCCCCCCCCCCCCCCCCCCCCCCCCC. The molecule has 0 aliphatic carbocycles. The Hall–Kier alpha value is -2.14. The molecule has 0 radical (unpaired) electrons. The molecule has 0 aromatic heterocycles. The van der Waals surface area contributed by atoms with Crippen LogP contribution in [0.1, 0.15) is 438 Å². The van der Waals surface area contributed by atoms with Gasteiger partial charge in [0.15, 0.2) is 6.10 Å². The molecule has 0 aliphatic heterocycles. The number of carbonyl (C=O) groups is 2. The molecule has 0 spiro atoms. The molecular formula is C81H152O5. The van der Waals surface area contributed by atoms with E-state index in [4.69, 9.17) is 9.47 Å². The van der Waals surface area contributed by atoms with Crippen molar-refractivity contribution < 1.29 is 24.2 Å². The third-order valence-corrected chi connectivity index (χ3v) is 18.1. The van der Waals surface area contributed by atoms with E-state index < -0.39 is 6.10 Å². The van der Waals surface area contributed by atoms with E-state index in [0.29, 0.717) is 12.8 Å². The minimum atomic E-state index is -0.769. The first kappa shape index (κ1) is 83.9. The molecule has 1 unspecified atom stereocenters. The van der Waals surface area contributed by atoms with Crippen molar-refractivity contribution in [1.29, 1.82) is 0 Å². The topological polar surface area (TPSA) is 72.8 Å². The summed E-state index contributed by atoms with van der Waals surface area (Å²) in [6.45, 7) is 4.10. The highest BCUT2D eigenvalue weighted by molar-refractivity contribution is 5.70. The van der Waals surface area contributed by atoms with Crippen molar-refractivity contribution >= 4 is 11.9 Å². The summed E-state index contributed by atoms with van der Waals surface area (Å²) in [5.74, 6) is -0.561. The Kier molecular flexibility index (Phi) is 75.2. The smallest absolute Gasteiger partial charge is 0.306 e. The molecule has 0 aromatic rings. The Morgan fingerprint density at radius 2 is 0.500 bits per heavy atom. The molecular weight excluding hydrogens is 1050 g/mol. The molecule has 0 heterocycles. The number of hydrogen-bond donors (Lipinski definition) is 1. The molecule has 0 rings (SSSR count). The van der Waals surface area contributed by atoms with Crippen LogP contribution in [0.4, 0.5) is 0 Å². The number of hydrogen-bond acceptors (Lipinski definition) is 5. The minimum absolute atomic E-state index is 0.0577. The predicted molar refractivity (Wildman–Crippen MR) is 381 cm³/mol. The van der Waals surface area contributed by atoms with Gasteiger partial charge in [0.1, 0.15) is 6.61 Å². The van der Waals surface area contributed by atoms with Gasteiger partial charge in [-0.25, -0.2) is 0 Å².